The molecule has 1 atom stereocenters. The first-order valence-electron chi connectivity index (χ1n) is 7.75. The van der Waals surface area contributed by atoms with Crippen molar-refractivity contribution in [3.8, 4) is 0 Å². The van der Waals surface area contributed by atoms with Crippen molar-refractivity contribution in [2.75, 3.05) is 19.4 Å². The summed E-state index contributed by atoms with van der Waals surface area (Å²) in [6.45, 7) is 8.39. The number of hydrogen-bond acceptors (Lipinski definition) is 4. The molecule has 1 aliphatic carbocycles. The molecule has 0 bridgehead atoms. The topological polar surface area (TPSA) is 55.4 Å². The van der Waals surface area contributed by atoms with Crippen molar-refractivity contribution < 1.29 is 14.3 Å². The fraction of sp³-hybridized carbons (Fsp3) is 0.875. The molecule has 1 saturated carbocycles. The first-order valence-corrected chi connectivity index (χ1v) is 8.98. The van der Waals surface area contributed by atoms with Crippen LogP contribution in [0.25, 0.3) is 0 Å². The van der Waals surface area contributed by atoms with Gasteiger partial charge in [0.2, 0.25) is 5.91 Å². The molecule has 1 amide bonds. The SMILES string of the molecule is CCOC(=O)C(C(=O)NCC1(SC)CCCC1)C(C)(C)C. The predicted molar refractivity (Wildman–Crippen MR) is 87.3 cm³/mol. The van der Waals surface area contributed by atoms with E-state index in [-0.39, 0.29) is 10.7 Å². The van der Waals surface area contributed by atoms with E-state index in [2.05, 4.69) is 11.6 Å². The highest BCUT2D eigenvalue weighted by Crippen LogP contribution is 2.39. The van der Waals surface area contributed by atoms with E-state index >= 15 is 0 Å². The molecule has 1 aliphatic rings. The summed E-state index contributed by atoms with van der Waals surface area (Å²) in [6.07, 6.45) is 6.81. The molecule has 4 nitrogen and oxygen atoms in total. The standard InChI is InChI=1S/C16H29NO3S/c1-6-20-14(19)12(15(2,3)4)13(18)17-11-16(21-5)9-7-8-10-16/h12H,6-11H2,1-5H3,(H,17,18). The van der Waals surface area contributed by atoms with Gasteiger partial charge >= 0.3 is 5.97 Å². The summed E-state index contributed by atoms with van der Waals surface area (Å²) >= 11 is 1.83. The number of carbonyl (C=O) groups excluding carboxylic acids is 2. The summed E-state index contributed by atoms with van der Waals surface area (Å²) in [6, 6.07) is 0. The van der Waals surface area contributed by atoms with Crippen LogP contribution in [0.3, 0.4) is 0 Å². The first kappa shape index (κ1) is 18.3. The van der Waals surface area contributed by atoms with Crippen LogP contribution >= 0.6 is 11.8 Å². The lowest BCUT2D eigenvalue weighted by Crippen LogP contribution is -2.47. The van der Waals surface area contributed by atoms with Gasteiger partial charge in [0.25, 0.3) is 0 Å². The lowest BCUT2D eigenvalue weighted by Gasteiger charge is -2.31. The zero-order valence-electron chi connectivity index (χ0n) is 14.0. The minimum atomic E-state index is -0.752. The van der Waals surface area contributed by atoms with Crippen molar-refractivity contribution in [1.82, 2.24) is 5.32 Å². The molecule has 5 heteroatoms. The number of thioether (sulfide) groups is 1. The molecule has 0 heterocycles. The maximum absolute atomic E-state index is 12.5. The highest BCUT2D eigenvalue weighted by atomic mass is 32.2. The van der Waals surface area contributed by atoms with Gasteiger partial charge in [0.1, 0.15) is 5.92 Å². The first-order chi connectivity index (χ1) is 9.75. The van der Waals surface area contributed by atoms with Gasteiger partial charge in [-0.3, -0.25) is 9.59 Å². The molecule has 1 unspecified atom stereocenters. The van der Waals surface area contributed by atoms with Crippen LogP contribution < -0.4 is 5.32 Å². The van der Waals surface area contributed by atoms with Gasteiger partial charge in [-0.05, 0) is 31.4 Å². The minimum absolute atomic E-state index is 0.146. The van der Waals surface area contributed by atoms with Gasteiger partial charge in [0, 0.05) is 11.3 Å². The summed E-state index contributed by atoms with van der Waals surface area (Å²) in [7, 11) is 0. The molecule has 0 aromatic rings. The number of carbonyl (C=O) groups is 2. The Kier molecular flexibility index (Phi) is 6.57. The Bertz CT molecular complexity index is 370. The zero-order chi connectivity index (χ0) is 16.1. The van der Waals surface area contributed by atoms with Crippen LogP contribution in [0.15, 0.2) is 0 Å². The van der Waals surface area contributed by atoms with Gasteiger partial charge < -0.3 is 10.1 Å². The van der Waals surface area contributed by atoms with Crippen molar-refractivity contribution in [1.29, 1.82) is 0 Å². The van der Waals surface area contributed by atoms with Crippen LogP contribution in [0.4, 0.5) is 0 Å². The van der Waals surface area contributed by atoms with E-state index in [1.807, 2.05) is 32.5 Å². The Balaban J connectivity index is 2.71. The highest BCUT2D eigenvalue weighted by Gasteiger charge is 2.40. The largest absolute Gasteiger partial charge is 0.465 e. The fourth-order valence-electron chi connectivity index (χ4n) is 2.90. The summed E-state index contributed by atoms with van der Waals surface area (Å²) in [5.41, 5.74) is -0.446. The van der Waals surface area contributed by atoms with Crippen molar-refractivity contribution in [3.05, 3.63) is 0 Å². The van der Waals surface area contributed by atoms with Gasteiger partial charge in [0.05, 0.1) is 6.61 Å². The lowest BCUT2D eigenvalue weighted by molar-refractivity contribution is -0.156. The molecule has 0 radical (unpaired) electrons. The van der Waals surface area contributed by atoms with Crippen LogP contribution in [-0.2, 0) is 14.3 Å². The molecular formula is C16H29NO3S. The van der Waals surface area contributed by atoms with E-state index in [0.29, 0.717) is 13.2 Å². The van der Waals surface area contributed by atoms with E-state index < -0.39 is 17.3 Å². The predicted octanol–water partition coefficient (Wildman–Crippen LogP) is 3.00. The average molecular weight is 315 g/mol. The van der Waals surface area contributed by atoms with Crippen LogP contribution in [0, 0.1) is 11.3 Å². The van der Waals surface area contributed by atoms with Crippen LogP contribution in [-0.4, -0.2) is 36.0 Å². The Morgan fingerprint density at radius 2 is 1.86 bits per heavy atom. The molecule has 0 saturated heterocycles. The molecule has 1 N–H and O–H groups in total. The molecule has 0 spiro atoms. The molecular weight excluding hydrogens is 286 g/mol. The quantitative estimate of drug-likeness (QED) is 0.605. The van der Waals surface area contributed by atoms with E-state index in [4.69, 9.17) is 4.74 Å². The number of amides is 1. The second-order valence-electron chi connectivity index (χ2n) is 6.86. The molecule has 0 aromatic carbocycles. The molecule has 0 aliphatic heterocycles. The van der Waals surface area contributed by atoms with Crippen molar-refractivity contribution in [2.24, 2.45) is 11.3 Å². The highest BCUT2D eigenvalue weighted by molar-refractivity contribution is 8.00. The summed E-state index contributed by atoms with van der Waals surface area (Å²) in [5.74, 6) is -1.38. The van der Waals surface area contributed by atoms with E-state index in [9.17, 15) is 9.59 Å². The lowest BCUT2D eigenvalue weighted by atomic mass is 9.80. The summed E-state index contributed by atoms with van der Waals surface area (Å²) in [4.78, 5) is 24.6. The average Bonchev–Trinajstić information content (AvgIpc) is 2.84. The Hall–Kier alpha value is -0.710. The van der Waals surface area contributed by atoms with E-state index in [1.54, 1.807) is 6.92 Å². The Morgan fingerprint density at radius 3 is 2.29 bits per heavy atom. The van der Waals surface area contributed by atoms with Crippen molar-refractivity contribution in [3.63, 3.8) is 0 Å². The van der Waals surface area contributed by atoms with Gasteiger partial charge in [-0.25, -0.2) is 0 Å². The number of ether oxygens (including phenoxy) is 1. The van der Waals surface area contributed by atoms with Gasteiger partial charge in [-0.15, -0.1) is 0 Å². The third kappa shape index (κ3) is 4.90. The van der Waals surface area contributed by atoms with Crippen LogP contribution in [0.1, 0.15) is 53.4 Å². The molecule has 122 valence electrons. The number of rotatable bonds is 6. The molecule has 1 rings (SSSR count). The third-order valence-corrected chi connectivity index (χ3v) is 5.60. The number of nitrogens with one attached hydrogen (secondary N) is 1. The Morgan fingerprint density at radius 1 is 1.29 bits per heavy atom. The Labute approximate surface area is 132 Å². The second-order valence-corrected chi connectivity index (χ2v) is 8.14. The third-order valence-electron chi connectivity index (χ3n) is 4.18. The van der Waals surface area contributed by atoms with E-state index in [1.165, 1.54) is 12.8 Å². The fourth-order valence-corrected chi connectivity index (χ4v) is 3.82. The van der Waals surface area contributed by atoms with Gasteiger partial charge in [0.15, 0.2) is 0 Å². The summed E-state index contributed by atoms with van der Waals surface area (Å²) in [5, 5.41) is 3.00. The monoisotopic (exact) mass is 315 g/mol. The van der Waals surface area contributed by atoms with Crippen molar-refractivity contribution >= 4 is 23.6 Å². The van der Waals surface area contributed by atoms with Crippen molar-refractivity contribution in [2.45, 2.75) is 58.1 Å². The minimum Gasteiger partial charge on any atom is -0.465 e. The molecule has 1 fully saturated rings. The number of hydrogen-bond donors (Lipinski definition) is 1. The second kappa shape index (κ2) is 7.52. The normalized spacial score (nSPS) is 19.1. The maximum Gasteiger partial charge on any atom is 0.319 e. The zero-order valence-corrected chi connectivity index (χ0v) is 14.8. The van der Waals surface area contributed by atoms with Crippen LogP contribution in [0.2, 0.25) is 0 Å². The molecule has 21 heavy (non-hydrogen) atoms. The number of esters is 1. The van der Waals surface area contributed by atoms with Crippen LogP contribution in [0.5, 0.6) is 0 Å². The summed E-state index contributed by atoms with van der Waals surface area (Å²) < 4.78 is 5.22. The van der Waals surface area contributed by atoms with Gasteiger partial charge in [-0.2, -0.15) is 11.8 Å². The molecule has 0 aromatic heterocycles. The smallest absolute Gasteiger partial charge is 0.319 e. The van der Waals surface area contributed by atoms with Gasteiger partial charge in [-0.1, -0.05) is 33.6 Å². The maximum atomic E-state index is 12.5. The van der Waals surface area contributed by atoms with E-state index in [0.717, 1.165) is 12.8 Å².